The van der Waals surface area contributed by atoms with Gasteiger partial charge in [-0.15, -0.1) is 0 Å². The standard InChI is InChI=1S/C22H28N2O2/c1-18-7-5-8-20(17-18)24-14-12-19(13-15-24)23-22(25)11-6-16-26-21-9-3-2-4-10-21/h2-5,7-10,17,19H,6,11-16H2,1H3,(H,23,25). The first kappa shape index (κ1) is 18.3. The van der Waals surface area contributed by atoms with Crippen molar-refractivity contribution in [3.8, 4) is 5.75 Å². The molecule has 2 aromatic carbocycles. The molecule has 1 aliphatic heterocycles. The Morgan fingerprint density at radius 3 is 2.62 bits per heavy atom. The topological polar surface area (TPSA) is 41.6 Å². The van der Waals surface area contributed by atoms with Crippen LogP contribution in [0.5, 0.6) is 5.75 Å². The van der Waals surface area contributed by atoms with Crippen LogP contribution in [0.25, 0.3) is 0 Å². The predicted octanol–water partition coefficient (Wildman–Crippen LogP) is 3.94. The van der Waals surface area contributed by atoms with Gasteiger partial charge in [0.15, 0.2) is 0 Å². The number of hydrogen-bond acceptors (Lipinski definition) is 3. The number of carbonyl (C=O) groups is 1. The summed E-state index contributed by atoms with van der Waals surface area (Å²) in [5, 5.41) is 3.18. The number of anilines is 1. The Labute approximate surface area is 156 Å². The molecule has 2 aromatic rings. The first-order valence-electron chi connectivity index (χ1n) is 9.49. The van der Waals surface area contributed by atoms with Gasteiger partial charge in [0.2, 0.25) is 5.91 Å². The highest BCUT2D eigenvalue weighted by Gasteiger charge is 2.20. The third-order valence-corrected chi connectivity index (χ3v) is 4.79. The fourth-order valence-corrected chi connectivity index (χ4v) is 3.35. The van der Waals surface area contributed by atoms with Crippen LogP contribution >= 0.6 is 0 Å². The Morgan fingerprint density at radius 1 is 1.12 bits per heavy atom. The van der Waals surface area contributed by atoms with Crippen LogP contribution in [-0.2, 0) is 4.79 Å². The first-order chi connectivity index (χ1) is 12.7. The van der Waals surface area contributed by atoms with E-state index in [1.54, 1.807) is 0 Å². The molecule has 4 nitrogen and oxygen atoms in total. The molecule has 0 bridgehead atoms. The van der Waals surface area contributed by atoms with Gasteiger partial charge in [0.25, 0.3) is 0 Å². The van der Waals surface area contributed by atoms with E-state index in [1.165, 1.54) is 11.3 Å². The highest BCUT2D eigenvalue weighted by atomic mass is 16.5. The summed E-state index contributed by atoms with van der Waals surface area (Å²) in [7, 11) is 0. The average molecular weight is 352 g/mol. The molecule has 1 saturated heterocycles. The van der Waals surface area contributed by atoms with Crippen LogP contribution < -0.4 is 15.0 Å². The summed E-state index contributed by atoms with van der Waals surface area (Å²) < 4.78 is 5.63. The van der Waals surface area contributed by atoms with Crippen LogP contribution in [0.2, 0.25) is 0 Å². The van der Waals surface area contributed by atoms with Crippen molar-refractivity contribution in [3.63, 3.8) is 0 Å². The molecule has 1 heterocycles. The van der Waals surface area contributed by atoms with E-state index in [-0.39, 0.29) is 5.91 Å². The summed E-state index contributed by atoms with van der Waals surface area (Å²) >= 11 is 0. The third-order valence-electron chi connectivity index (χ3n) is 4.79. The molecule has 0 atom stereocenters. The zero-order valence-corrected chi connectivity index (χ0v) is 15.5. The lowest BCUT2D eigenvalue weighted by Crippen LogP contribution is -2.44. The quantitative estimate of drug-likeness (QED) is 0.768. The van der Waals surface area contributed by atoms with Crippen LogP contribution in [0.4, 0.5) is 5.69 Å². The van der Waals surface area contributed by atoms with Gasteiger partial charge in [0.1, 0.15) is 5.75 Å². The summed E-state index contributed by atoms with van der Waals surface area (Å²) in [6.07, 6.45) is 3.26. The molecule has 0 spiro atoms. The lowest BCUT2D eigenvalue weighted by molar-refractivity contribution is -0.122. The Kier molecular flexibility index (Phi) is 6.53. The molecular weight excluding hydrogens is 324 g/mol. The fraction of sp³-hybridized carbons (Fsp3) is 0.409. The molecule has 4 heteroatoms. The number of benzene rings is 2. The summed E-state index contributed by atoms with van der Waals surface area (Å²) in [5.74, 6) is 0.993. The Bertz CT molecular complexity index is 694. The number of amides is 1. The third kappa shape index (κ3) is 5.51. The van der Waals surface area contributed by atoms with Crippen molar-refractivity contribution in [2.75, 3.05) is 24.6 Å². The van der Waals surface area contributed by atoms with Gasteiger partial charge in [0.05, 0.1) is 6.61 Å². The minimum atomic E-state index is 0.135. The summed E-state index contributed by atoms with van der Waals surface area (Å²) in [5.41, 5.74) is 2.57. The number of rotatable bonds is 7. The highest BCUT2D eigenvalue weighted by molar-refractivity contribution is 5.76. The summed E-state index contributed by atoms with van der Waals surface area (Å²) in [6, 6.07) is 18.6. The van der Waals surface area contributed by atoms with E-state index in [9.17, 15) is 4.79 Å². The van der Waals surface area contributed by atoms with Crippen LogP contribution in [0, 0.1) is 6.92 Å². The van der Waals surface area contributed by atoms with E-state index >= 15 is 0 Å². The lowest BCUT2D eigenvalue weighted by atomic mass is 10.0. The lowest BCUT2D eigenvalue weighted by Gasteiger charge is -2.34. The van der Waals surface area contributed by atoms with E-state index in [0.29, 0.717) is 19.1 Å². The Hall–Kier alpha value is -2.49. The molecule has 0 aliphatic carbocycles. The van der Waals surface area contributed by atoms with Crippen LogP contribution in [0.1, 0.15) is 31.2 Å². The predicted molar refractivity (Wildman–Crippen MR) is 106 cm³/mol. The molecule has 1 aliphatic rings. The number of ether oxygens (including phenoxy) is 1. The van der Waals surface area contributed by atoms with Gasteiger partial charge in [-0.05, 0) is 56.0 Å². The second-order valence-electron chi connectivity index (χ2n) is 6.93. The fourth-order valence-electron chi connectivity index (χ4n) is 3.35. The smallest absolute Gasteiger partial charge is 0.220 e. The minimum absolute atomic E-state index is 0.135. The number of nitrogens with one attached hydrogen (secondary N) is 1. The van der Waals surface area contributed by atoms with Gasteiger partial charge < -0.3 is 15.0 Å². The maximum atomic E-state index is 12.1. The molecule has 0 aromatic heterocycles. The largest absolute Gasteiger partial charge is 0.494 e. The molecule has 1 amide bonds. The van der Waals surface area contributed by atoms with Crippen molar-refractivity contribution in [2.24, 2.45) is 0 Å². The number of piperidine rings is 1. The molecule has 0 unspecified atom stereocenters. The SMILES string of the molecule is Cc1cccc(N2CCC(NC(=O)CCCOc3ccccc3)CC2)c1. The van der Waals surface area contributed by atoms with E-state index in [2.05, 4.69) is 41.4 Å². The van der Waals surface area contributed by atoms with Crippen molar-refractivity contribution >= 4 is 11.6 Å². The van der Waals surface area contributed by atoms with Crippen LogP contribution in [-0.4, -0.2) is 31.6 Å². The van der Waals surface area contributed by atoms with E-state index in [4.69, 9.17) is 4.74 Å². The maximum absolute atomic E-state index is 12.1. The van der Waals surface area contributed by atoms with Gasteiger partial charge >= 0.3 is 0 Å². The molecule has 138 valence electrons. The average Bonchev–Trinajstić information content (AvgIpc) is 2.67. The van der Waals surface area contributed by atoms with Gasteiger partial charge in [0, 0.05) is 31.2 Å². The van der Waals surface area contributed by atoms with Gasteiger partial charge in [-0.25, -0.2) is 0 Å². The van der Waals surface area contributed by atoms with E-state index < -0.39 is 0 Å². The Morgan fingerprint density at radius 2 is 1.88 bits per heavy atom. The van der Waals surface area contributed by atoms with E-state index in [1.807, 2.05) is 30.3 Å². The van der Waals surface area contributed by atoms with Crippen molar-refractivity contribution in [1.29, 1.82) is 0 Å². The molecule has 1 N–H and O–H groups in total. The molecule has 3 rings (SSSR count). The highest BCUT2D eigenvalue weighted by Crippen LogP contribution is 2.21. The summed E-state index contributed by atoms with van der Waals surface area (Å²) in [4.78, 5) is 14.5. The first-order valence-corrected chi connectivity index (χ1v) is 9.49. The molecule has 0 saturated carbocycles. The Balaban J connectivity index is 1.33. The monoisotopic (exact) mass is 352 g/mol. The zero-order valence-electron chi connectivity index (χ0n) is 15.5. The number of carbonyl (C=O) groups excluding carboxylic acids is 1. The second-order valence-corrected chi connectivity index (χ2v) is 6.93. The molecule has 26 heavy (non-hydrogen) atoms. The van der Waals surface area contributed by atoms with E-state index in [0.717, 1.165) is 38.1 Å². The number of para-hydroxylation sites is 1. The summed E-state index contributed by atoms with van der Waals surface area (Å²) in [6.45, 7) is 4.68. The van der Waals surface area contributed by atoms with Gasteiger partial charge in [-0.2, -0.15) is 0 Å². The number of aryl methyl sites for hydroxylation is 1. The normalized spacial score (nSPS) is 14.9. The minimum Gasteiger partial charge on any atom is -0.494 e. The number of hydrogen-bond donors (Lipinski definition) is 1. The maximum Gasteiger partial charge on any atom is 0.220 e. The van der Waals surface area contributed by atoms with Crippen molar-refractivity contribution < 1.29 is 9.53 Å². The van der Waals surface area contributed by atoms with Crippen molar-refractivity contribution in [3.05, 3.63) is 60.2 Å². The van der Waals surface area contributed by atoms with Gasteiger partial charge in [-0.3, -0.25) is 4.79 Å². The molecular formula is C22H28N2O2. The molecule has 0 radical (unpaired) electrons. The molecule has 1 fully saturated rings. The van der Waals surface area contributed by atoms with Crippen LogP contribution in [0.15, 0.2) is 54.6 Å². The number of nitrogens with zero attached hydrogens (tertiary/aromatic N) is 1. The second kappa shape index (κ2) is 9.27. The zero-order chi connectivity index (χ0) is 18.2. The van der Waals surface area contributed by atoms with Crippen LogP contribution in [0.3, 0.4) is 0 Å². The van der Waals surface area contributed by atoms with Crippen molar-refractivity contribution in [2.45, 2.75) is 38.6 Å². The van der Waals surface area contributed by atoms with Gasteiger partial charge in [-0.1, -0.05) is 30.3 Å². The van der Waals surface area contributed by atoms with Crippen molar-refractivity contribution in [1.82, 2.24) is 5.32 Å².